The Hall–Kier alpha value is -2.09. The van der Waals surface area contributed by atoms with Gasteiger partial charge in [-0.15, -0.1) is 0 Å². The molecule has 2 nitrogen and oxygen atoms in total. The molecule has 2 aromatic carbocycles. The van der Waals surface area contributed by atoms with Gasteiger partial charge in [0.15, 0.2) is 0 Å². The third kappa shape index (κ3) is 2.90. The molecule has 0 aromatic heterocycles. The molecule has 1 atom stereocenters. The van der Waals surface area contributed by atoms with Gasteiger partial charge in [-0.05, 0) is 38.3 Å². The zero-order valence-corrected chi connectivity index (χ0v) is 12.2. The quantitative estimate of drug-likeness (QED) is 0.913. The summed E-state index contributed by atoms with van der Waals surface area (Å²) in [5, 5.41) is 9.67. The van der Waals surface area contributed by atoms with Crippen molar-refractivity contribution < 1.29 is 9.90 Å². The van der Waals surface area contributed by atoms with E-state index in [0.29, 0.717) is 6.42 Å². The van der Waals surface area contributed by atoms with E-state index in [0.717, 1.165) is 16.7 Å². The molecule has 1 unspecified atom stereocenters. The first-order valence-electron chi connectivity index (χ1n) is 6.78. The number of carbonyl (C=O) groups is 1. The molecule has 0 fully saturated rings. The molecular weight excluding hydrogens is 248 g/mol. The Morgan fingerprint density at radius 3 is 1.85 bits per heavy atom. The maximum absolute atomic E-state index is 11.8. The molecule has 0 saturated heterocycles. The smallest absolute Gasteiger partial charge is 0.314 e. The van der Waals surface area contributed by atoms with Crippen LogP contribution in [0.25, 0.3) is 0 Å². The molecule has 0 aliphatic rings. The maximum atomic E-state index is 11.8. The summed E-state index contributed by atoms with van der Waals surface area (Å²) < 4.78 is 0. The van der Waals surface area contributed by atoms with Gasteiger partial charge in [0.1, 0.15) is 0 Å². The van der Waals surface area contributed by atoms with Gasteiger partial charge in [-0.3, -0.25) is 4.79 Å². The van der Waals surface area contributed by atoms with E-state index in [4.69, 9.17) is 0 Å². The lowest BCUT2D eigenvalue weighted by Crippen LogP contribution is -2.34. The van der Waals surface area contributed by atoms with Gasteiger partial charge in [0.25, 0.3) is 0 Å². The monoisotopic (exact) mass is 268 g/mol. The van der Waals surface area contributed by atoms with Gasteiger partial charge in [-0.25, -0.2) is 0 Å². The Balaban J connectivity index is 2.37. The van der Waals surface area contributed by atoms with Gasteiger partial charge in [0.2, 0.25) is 0 Å². The zero-order chi connectivity index (χ0) is 14.8. The lowest BCUT2D eigenvalue weighted by Gasteiger charge is -2.26. The highest BCUT2D eigenvalue weighted by molar-refractivity contribution is 5.81. The van der Waals surface area contributed by atoms with E-state index in [1.807, 2.05) is 62.4 Å². The predicted molar refractivity (Wildman–Crippen MR) is 81.0 cm³/mol. The van der Waals surface area contributed by atoms with Crippen LogP contribution in [0.15, 0.2) is 48.5 Å². The van der Waals surface area contributed by atoms with E-state index in [1.165, 1.54) is 5.56 Å². The third-order valence-electron chi connectivity index (χ3n) is 3.84. The second-order valence-corrected chi connectivity index (χ2v) is 5.67. The first-order valence-corrected chi connectivity index (χ1v) is 6.78. The Labute approximate surface area is 120 Å². The number of benzene rings is 2. The first-order chi connectivity index (χ1) is 9.41. The van der Waals surface area contributed by atoms with Crippen molar-refractivity contribution in [1.29, 1.82) is 0 Å². The summed E-state index contributed by atoms with van der Waals surface area (Å²) in [7, 11) is 0. The van der Waals surface area contributed by atoms with Crippen molar-refractivity contribution in [2.75, 3.05) is 0 Å². The summed E-state index contributed by atoms with van der Waals surface area (Å²) in [4.78, 5) is 11.8. The van der Waals surface area contributed by atoms with Gasteiger partial charge < -0.3 is 5.11 Å². The minimum absolute atomic E-state index is 0.492. The lowest BCUT2D eigenvalue weighted by molar-refractivity contribution is -0.143. The number of carboxylic acids is 1. The predicted octanol–water partition coefficient (Wildman–Crippen LogP) is 3.89. The standard InChI is InChI=1S/C18H20O2/c1-13-4-8-15(9-5-13)12-18(3,17(19)20)16-10-6-14(2)7-11-16/h4-11H,12H2,1-3H3,(H,19,20). The van der Waals surface area contributed by atoms with Crippen LogP contribution in [0.1, 0.15) is 29.2 Å². The molecule has 0 heterocycles. The lowest BCUT2D eigenvalue weighted by atomic mass is 9.77. The summed E-state index contributed by atoms with van der Waals surface area (Å²) in [6.07, 6.45) is 0.492. The number of aryl methyl sites for hydroxylation is 2. The SMILES string of the molecule is Cc1ccc(CC(C)(C(=O)O)c2ccc(C)cc2)cc1. The number of carboxylic acid groups (broad SMARTS) is 1. The summed E-state index contributed by atoms with van der Waals surface area (Å²) in [5.74, 6) is -0.790. The number of aliphatic carboxylic acids is 1. The molecule has 0 aliphatic carbocycles. The van der Waals surface area contributed by atoms with Crippen molar-refractivity contribution in [2.45, 2.75) is 32.6 Å². The van der Waals surface area contributed by atoms with Crippen LogP contribution >= 0.6 is 0 Å². The van der Waals surface area contributed by atoms with Crippen molar-refractivity contribution in [1.82, 2.24) is 0 Å². The Morgan fingerprint density at radius 1 is 0.950 bits per heavy atom. The van der Waals surface area contributed by atoms with Crippen LogP contribution in [0, 0.1) is 13.8 Å². The molecule has 20 heavy (non-hydrogen) atoms. The number of rotatable bonds is 4. The average Bonchev–Trinajstić information content (AvgIpc) is 2.42. The van der Waals surface area contributed by atoms with E-state index in [2.05, 4.69) is 0 Å². The van der Waals surface area contributed by atoms with E-state index >= 15 is 0 Å². The molecule has 104 valence electrons. The van der Waals surface area contributed by atoms with Crippen LogP contribution < -0.4 is 0 Å². The van der Waals surface area contributed by atoms with Crippen LogP contribution in [0.2, 0.25) is 0 Å². The molecule has 0 saturated carbocycles. The molecule has 2 heteroatoms. The number of hydrogen-bond donors (Lipinski definition) is 1. The van der Waals surface area contributed by atoms with Crippen LogP contribution in [0.3, 0.4) is 0 Å². The third-order valence-corrected chi connectivity index (χ3v) is 3.84. The van der Waals surface area contributed by atoms with Crippen molar-refractivity contribution in [3.63, 3.8) is 0 Å². The summed E-state index contributed by atoms with van der Waals surface area (Å²) in [6, 6.07) is 15.8. The van der Waals surface area contributed by atoms with Crippen molar-refractivity contribution in [3.8, 4) is 0 Å². The second kappa shape index (κ2) is 5.49. The second-order valence-electron chi connectivity index (χ2n) is 5.67. The van der Waals surface area contributed by atoms with Gasteiger partial charge >= 0.3 is 5.97 Å². The minimum Gasteiger partial charge on any atom is -0.481 e. The fraction of sp³-hybridized carbons (Fsp3) is 0.278. The Kier molecular flexibility index (Phi) is 3.93. The zero-order valence-electron chi connectivity index (χ0n) is 12.2. The van der Waals surface area contributed by atoms with E-state index in [1.54, 1.807) is 6.92 Å². The van der Waals surface area contributed by atoms with Crippen molar-refractivity contribution >= 4 is 5.97 Å². The van der Waals surface area contributed by atoms with Gasteiger partial charge in [0.05, 0.1) is 5.41 Å². The summed E-state index contributed by atoms with van der Waals surface area (Å²) in [5.41, 5.74) is 3.30. The highest BCUT2D eigenvalue weighted by Gasteiger charge is 2.35. The Morgan fingerprint density at radius 2 is 1.40 bits per heavy atom. The van der Waals surface area contributed by atoms with Crippen LogP contribution in [-0.4, -0.2) is 11.1 Å². The van der Waals surface area contributed by atoms with E-state index in [9.17, 15) is 9.90 Å². The Bertz CT molecular complexity index is 596. The molecule has 0 spiro atoms. The fourth-order valence-corrected chi connectivity index (χ4v) is 2.34. The molecule has 0 amide bonds. The van der Waals surface area contributed by atoms with Crippen LogP contribution in [-0.2, 0) is 16.6 Å². The molecule has 0 radical (unpaired) electrons. The largest absolute Gasteiger partial charge is 0.481 e. The maximum Gasteiger partial charge on any atom is 0.314 e. The molecule has 2 rings (SSSR count). The summed E-state index contributed by atoms with van der Waals surface area (Å²) in [6.45, 7) is 5.82. The van der Waals surface area contributed by atoms with Gasteiger partial charge in [0, 0.05) is 0 Å². The van der Waals surface area contributed by atoms with E-state index < -0.39 is 11.4 Å². The highest BCUT2D eigenvalue weighted by atomic mass is 16.4. The normalized spacial score (nSPS) is 13.8. The van der Waals surface area contributed by atoms with Crippen molar-refractivity contribution in [3.05, 3.63) is 70.8 Å². The molecular formula is C18H20O2. The summed E-state index contributed by atoms with van der Waals surface area (Å²) >= 11 is 0. The molecule has 2 aromatic rings. The van der Waals surface area contributed by atoms with E-state index in [-0.39, 0.29) is 0 Å². The molecule has 1 N–H and O–H groups in total. The average molecular weight is 268 g/mol. The first kappa shape index (κ1) is 14.3. The van der Waals surface area contributed by atoms with Gasteiger partial charge in [-0.2, -0.15) is 0 Å². The topological polar surface area (TPSA) is 37.3 Å². The molecule has 0 aliphatic heterocycles. The fourth-order valence-electron chi connectivity index (χ4n) is 2.34. The highest BCUT2D eigenvalue weighted by Crippen LogP contribution is 2.29. The van der Waals surface area contributed by atoms with Gasteiger partial charge in [-0.1, -0.05) is 59.7 Å². The minimum atomic E-state index is -0.900. The van der Waals surface area contributed by atoms with Crippen molar-refractivity contribution in [2.24, 2.45) is 0 Å². The van der Waals surface area contributed by atoms with Crippen LogP contribution in [0.4, 0.5) is 0 Å². The number of hydrogen-bond acceptors (Lipinski definition) is 1. The van der Waals surface area contributed by atoms with Crippen LogP contribution in [0.5, 0.6) is 0 Å². The molecule has 0 bridgehead atoms.